The molecule has 5 nitrogen and oxygen atoms in total. The molecule has 2 atom stereocenters. The fraction of sp³-hybridized carbons (Fsp3) is 0.769. The number of methoxy groups -OCH3 is 1. The molecule has 0 amide bonds. The molecule has 1 aromatic heterocycles. The van der Waals surface area contributed by atoms with Crippen molar-refractivity contribution in [3.63, 3.8) is 0 Å². The van der Waals surface area contributed by atoms with E-state index in [1.165, 1.54) is 0 Å². The fourth-order valence-corrected chi connectivity index (χ4v) is 3.24. The van der Waals surface area contributed by atoms with Crippen LogP contribution in [0.5, 0.6) is 5.75 Å². The van der Waals surface area contributed by atoms with Crippen molar-refractivity contribution in [3.05, 3.63) is 11.9 Å². The molecule has 0 radical (unpaired) electrons. The highest BCUT2D eigenvalue weighted by atomic mass is 32.2. The molecule has 1 aliphatic rings. The highest BCUT2D eigenvalue weighted by Crippen LogP contribution is 2.31. The zero-order chi connectivity index (χ0) is 13.7. The molecule has 2 unspecified atom stereocenters. The van der Waals surface area contributed by atoms with E-state index in [9.17, 15) is 0 Å². The summed E-state index contributed by atoms with van der Waals surface area (Å²) in [7, 11) is 3.64. The van der Waals surface area contributed by atoms with Crippen molar-refractivity contribution in [1.82, 2.24) is 15.1 Å². The third kappa shape index (κ3) is 3.43. The third-order valence-corrected chi connectivity index (χ3v) is 4.31. The monoisotopic (exact) mass is 285 g/mol. The standard InChI is InChI=1S/C13H23N3O2S/c1-4-5-14-12(11-9-19-7-6-18-11)13-10(17-3)8-15-16(13)2/h8,11-12,14H,4-7,9H2,1-3H3. The number of hydrogen-bond donors (Lipinski definition) is 1. The highest BCUT2D eigenvalue weighted by molar-refractivity contribution is 7.99. The van der Waals surface area contributed by atoms with E-state index in [2.05, 4.69) is 17.3 Å². The third-order valence-electron chi connectivity index (χ3n) is 3.29. The van der Waals surface area contributed by atoms with Crippen LogP contribution in [0.2, 0.25) is 0 Å². The minimum absolute atomic E-state index is 0.134. The average Bonchev–Trinajstić information content (AvgIpc) is 2.82. The van der Waals surface area contributed by atoms with Crippen LogP contribution in [-0.4, -0.2) is 47.7 Å². The minimum Gasteiger partial charge on any atom is -0.493 e. The predicted octanol–water partition coefficient (Wildman–Crippen LogP) is 1.60. The van der Waals surface area contributed by atoms with E-state index in [-0.39, 0.29) is 12.1 Å². The smallest absolute Gasteiger partial charge is 0.161 e. The largest absolute Gasteiger partial charge is 0.493 e. The Morgan fingerprint density at radius 3 is 3.16 bits per heavy atom. The Bertz CT molecular complexity index is 391. The molecular formula is C13H23N3O2S. The van der Waals surface area contributed by atoms with Gasteiger partial charge in [0, 0.05) is 18.6 Å². The molecular weight excluding hydrogens is 262 g/mol. The molecule has 19 heavy (non-hydrogen) atoms. The van der Waals surface area contributed by atoms with E-state index in [0.717, 1.165) is 42.5 Å². The van der Waals surface area contributed by atoms with Crippen molar-refractivity contribution in [1.29, 1.82) is 0 Å². The molecule has 0 aromatic carbocycles. The van der Waals surface area contributed by atoms with Crippen molar-refractivity contribution < 1.29 is 9.47 Å². The number of nitrogens with zero attached hydrogens (tertiary/aromatic N) is 2. The van der Waals surface area contributed by atoms with Gasteiger partial charge in [0.05, 0.1) is 37.8 Å². The van der Waals surface area contributed by atoms with Gasteiger partial charge < -0.3 is 14.8 Å². The van der Waals surface area contributed by atoms with Crippen LogP contribution in [0.1, 0.15) is 25.1 Å². The van der Waals surface area contributed by atoms with Gasteiger partial charge in [-0.3, -0.25) is 4.68 Å². The van der Waals surface area contributed by atoms with Crippen LogP contribution in [0.15, 0.2) is 6.20 Å². The van der Waals surface area contributed by atoms with Gasteiger partial charge in [-0.1, -0.05) is 6.92 Å². The first-order chi connectivity index (χ1) is 9.27. The van der Waals surface area contributed by atoms with E-state index in [1.54, 1.807) is 13.3 Å². The van der Waals surface area contributed by atoms with E-state index in [4.69, 9.17) is 9.47 Å². The Hall–Kier alpha value is -0.720. The van der Waals surface area contributed by atoms with Crippen LogP contribution in [0, 0.1) is 0 Å². The van der Waals surface area contributed by atoms with Crippen molar-refractivity contribution in [2.75, 3.05) is 31.8 Å². The molecule has 2 heterocycles. The van der Waals surface area contributed by atoms with E-state index >= 15 is 0 Å². The lowest BCUT2D eigenvalue weighted by atomic mass is 10.1. The maximum Gasteiger partial charge on any atom is 0.161 e. The molecule has 0 aliphatic carbocycles. The first-order valence-corrected chi connectivity index (χ1v) is 7.92. The van der Waals surface area contributed by atoms with Crippen molar-refractivity contribution in [3.8, 4) is 5.75 Å². The maximum atomic E-state index is 5.94. The second kappa shape index (κ2) is 7.17. The molecule has 1 aliphatic heterocycles. The summed E-state index contributed by atoms with van der Waals surface area (Å²) in [6, 6.07) is 0.134. The van der Waals surface area contributed by atoms with E-state index in [0.29, 0.717) is 0 Å². The molecule has 1 aromatic rings. The Kier molecular flexibility index (Phi) is 5.54. The lowest BCUT2D eigenvalue weighted by Gasteiger charge is -2.31. The molecule has 6 heteroatoms. The summed E-state index contributed by atoms with van der Waals surface area (Å²) >= 11 is 1.95. The van der Waals surface area contributed by atoms with Crippen LogP contribution in [0.25, 0.3) is 0 Å². The number of nitrogens with one attached hydrogen (secondary N) is 1. The first kappa shape index (κ1) is 14.7. The Morgan fingerprint density at radius 1 is 1.68 bits per heavy atom. The molecule has 0 bridgehead atoms. The fourth-order valence-electron chi connectivity index (χ4n) is 2.34. The topological polar surface area (TPSA) is 48.3 Å². The summed E-state index contributed by atoms with van der Waals surface area (Å²) in [4.78, 5) is 0. The van der Waals surface area contributed by atoms with Crippen LogP contribution in [-0.2, 0) is 11.8 Å². The maximum absolute atomic E-state index is 5.94. The molecule has 1 saturated heterocycles. The van der Waals surface area contributed by atoms with Crippen molar-refractivity contribution in [2.24, 2.45) is 7.05 Å². The van der Waals surface area contributed by atoms with Gasteiger partial charge in [-0.25, -0.2) is 0 Å². The molecule has 1 N–H and O–H groups in total. The summed E-state index contributed by atoms with van der Waals surface area (Å²) in [5, 5.41) is 7.88. The zero-order valence-corrected chi connectivity index (χ0v) is 12.7. The Morgan fingerprint density at radius 2 is 2.53 bits per heavy atom. The van der Waals surface area contributed by atoms with Gasteiger partial charge in [0.2, 0.25) is 0 Å². The Balaban J connectivity index is 2.22. The van der Waals surface area contributed by atoms with Crippen LogP contribution in [0.4, 0.5) is 0 Å². The first-order valence-electron chi connectivity index (χ1n) is 6.76. The molecule has 2 rings (SSSR count). The average molecular weight is 285 g/mol. The molecule has 0 spiro atoms. The van der Waals surface area contributed by atoms with Gasteiger partial charge in [0.15, 0.2) is 5.75 Å². The van der Waals surface area contributed by atoms with Gasteiger partial charge in [-0.05, 0) is 13.0 Å². The number of rotatable bonds is 6. The summed E-state index contributed by atoms with van der Waals surface area (Å²) in [5.41, 5.74) is 1.07. The summed E-state index contributed by atoms with van der Waals surface area (Å²) < 4.78 is 13.3. The number of aromatic nitrogens is 2. The van der Waals surface area contributed by atoms with Gasteiger partial charge >= 0.3 is 0 Å². The predicted molar refractivity (Wildman–Crippen MR) is 77.9 cm³/mol. The van der Waals surface area contributed by atoms with Gasteiger partial charge in [-0.15, -0.1) is 0 Å². The van der Waals surface area contributed by atoms with Gasteiger partial charge in [0.1, 0.15) is 0 Å². The van der Waals surface area contributed by atoms with Crippen LogP contribution < -0.4 is 10.1 Å². The van der Waals surface area contributed by atoms with E-state index in [1.807, 2.05) is 23.5 Å². The molecule has 0 saturated carbocycles. The molecule has 1 fully saturated rings. The summed E-state index contributed by atoms with van der Waals surface area (Å²) in [6.07, 6.45) is 3.04. The van der Waals surface area contributed by atoms with E-state index < -0.39 is 0 Å². The SMILES string of the molecule is CCCNC(c1c(OC)cnn1C)C1CSCCO1. The minimum atomic E-state index is 0.134. The number of hydrogen-bond acceptors (Lipinski definition) is 5. The summed E-state index contributed by atoms with van der Waals surface area (Å²) in [5.74, 6) is 2.92. The summed E-state index contributed by atoms with van der Waals surface area (Å²) in [6.45, 7) is 3.95. The van der Waals surface area contributed by atoms with Gasteiger partial charge in [0.25, 0.3) is 0 Å². The molecule has 108 valence electrons. The Labute approximate surface area is 119 Å². The highest BCUT2D eigenvalue weighted by Gasteiger charge is 2.30. The zero-order valence-electron chi connectivity index (χ0n) is 11.9. The lowest BCUT2D eigenvalue weighted by molar-refractivity contribution is 0.0440. The van der Waals surface area contributed by atoms with Crippen LogP contribution in [0.3, 0.4) is 0 Å². The number of thioether (sulfide) groups is 1. The lowest BCUT2D eigenvalue weighted by Crippen LogP contribution is -2.39. The number of aryl methyl sites for hydroxylation is 1. The van der Waals surface area contributed by atoms with Crippen molar-refractivity contribution >= 4 is 11.8 Å². The quantitative estimate of drug-likeness (QED) is 0.860. The van der Waals surface area contributed by atoms with Crippen LogP contribution >= 0.6 is 11.8 Å². The van der Waals surface area contributed by atoms with Gasteiger partial charge in [-0.2, -0.15) is 16.9 Å². The number of ether oxygens (including phenoxy) is 2. The second-order valence-electron chi connectivity index (χ2n) is 4.64. The normalized spacial score (nSPS) is 21.3. The van der Waals surface area contributed by atoms with Crippen molar-refractivity contribution in [2.45, 2.75) is 25.5 Å². The second-order valence-corrected chi connectivity index (χ2v) is 5.79.